The molecule has 0 radical (unpaired) electrons. The molecule has 1 atom stereocenters. The molecule has 0 fully saturated rings. The summed E-state index contributed by atoms with van der Waals surface area (Å²) in [5, 5.41) is 0. The van der Waals surface area contributed by atoms with Gasteiger partial charge in [-0.15, -0.1) is 11.3 Å². The van der Waals surface area contributed by atoms with Gasteiger partial charge in [0.1, 0.15) is 0 Å². The van der Waals surface area contributed by atoms with E-state index in [0.29, 0.717) is 6.42 Å². The summed E-state index contributed by atoms with van der Waals surface area (Å²) in [4.78, 5) is 15.8. The van der Waals surface area contributed by atoms with E-state index >= 15 is 0 Å². The zero-order chi connectivity index (χ0) is 13.8. The van der Waals surface area contributed by atoms with Crippen LogP contribution >= 0.6 is 22.9 Å². The average molecular weight is 288 g/mol. The molecule has 1 unspecified atom stereocenters. The fourth-order valence-corrected chi connectivity index (χ4v) is 3.40. The van der Waals surface area contributed by atoms with Crippen molar-refractivity contribution in [3.8, 4) is 0 Å². The quantitative estimate of drug-likeness (QED) is 0.755. The molecule has 0 saturated heterocycles. The molecular formula is C14H22ClNOS. The first kappa shape index (κ1) is 15.7. The number of halogens is 1. The summed E-state index contributed by atoms with van der Waals surface area (Å²) in [6, 6.07) is 3.80. The highest BCUT2D eigenvalue weighted by Crippen LogP contribution is 2.26. The minimum Gasteiger partial charge on any atom is -0.297 e. The van der Waals surface area contributed by atoms with Crippen molar-refractivity contribution in [3.63, 3.8) is 0 Å². The van der Waals surface area contributed by atoms with Gasteiger partial charge in [-0.2, -0.15) is 0 Å². The van der Waals surface area contributed by atoms with Gasteiger partial charge in [-0.05, 0) is 38.6 Å². The zero-order valence-corrected chi connectivity index (χ0v) is 13.2. The van der Waals surface area contributed by atoms with E-state index in [4.69, 9.17) is 11.6 Å². The lowest BCUT2D eigenvalue weighted by molar-refractivity contribution is -0.129. The second kappa shape index (κ2) is 6.69. The summed E-state index contributed by atoms with van der Waals surface area (Å²) in [6.07, 6.45) is 1.32. The van der Waals surface area contributed by atoms with Crippen LogP contribution in [-0.4, -0.2) is 29.3 Å². The standard InChI is InChI=1S/C14H22ClNOS/c1-5-14(4,16(6-2)7-3)12(17)10-11-8-9-13(15)18-11/h8-9H,5-7,10H2,1-4H3. The lowest BCUT2D eigenvalue weighted by Gasteiger charge is -2.38. The molecule has 0 N–H and O–H groups in total. The van der Waals surface area contributed by atoms with Crippen LogP contribution < -0.4 is 0 Å². The van der Waals surface area contributed by atoms with Crippen LogP contribution in [0.25, 0.3) is 0 Å². The maximum absolute atomic E-state index is 12.6. The smallest absolute Gasteiger partial charge is 0.157 e. The fraction of sp³-hybridized carbons (Fsp3) is 0.643. The van der Waals surface area contributed by atoms with Crippen molar-refractivity contribution in [2.75, 3.05) is 13.1 Å². The third kappa shape index (κ3) is 3.34. The van der Waals surface area contributed by atoms with Gasteiger partial charge < -0.3 is 0 Å². The van der Waals surface area contributed by atoms with Crippen LogP contribution in [0.3, 0.4) is 0 Å². The Kier molecular flexibility index (Phi) is 5.83. The molecule has 0 amide bonds. The first-order valence-corrected chi connectivity index (χ1v) is 7.69. The van der Waals surface area contributed by atoms with Gasteiger partial charge in [0.2, 0.25) is 0 Å². The van der Waals surface area contributed by atoms with Gasteiger partial charge in [-0.3, -0.25) is 9.69 Å². The molecule has 1 aromatic heterocycles. The van der Waals surface area contributed by atoms with E-state index < -0.39 is 0 Å². The van der Waals surface area contributed by atoms with Gasteiger partial charge in [0, 0.05) is 11.3 Å². The third-order valence-corrected chi connectivity index (χ3v) is 4.95. The Morgan fingerprint density at radius 2 is 1.94 bits per heavy atom. The molecule has 4 heteroatoms. The van der Waals surface area contributed by atoms with Crippen LogP contribution in [0.15, 0.2) is 12.1 Å². The summed E-state index contributed by atoms with van der Waals surface area (Å²) < 4.78 is 0.749. The normalized spacial score (nSPS) is 14.8. The van der Waals surface area contributed by atoms with Crippen molar-refractivity contribution < 1.29 is 4.79 Å². The highest BCUT2D eigenvalue weighted by atomic mass is 35.5. The Hall–Kier alpha value is -0.380. The third-order valence-electron chi connectivity index (χ3n) is 3.71. The van der Waals surface area contributed by atoms with Crippen molar-refractivity contribution in [2.24, 2.45) is 0 Å². The van der Waals surface area contributed by atoms with Crippen molar-refractivity contribution in [2.45, 2.75) is 46.1 Å². The van der Waals surface area contributed by atoms with Gasteiger partial charge in [0.05, 0.1) is 9.88 Å². The van der Waals surface area contributed by atoms with Crippen LogP contribution in [0, 0.1) is 0 Å². The monoisotopic (exact) mass is 287 g/mol. The van der Waals surface area contributed by atoms with E-state index in [0.717, 1.165) is 28.7 Å². The van der Waals surface area contributed by atoms with Crippen LogP contribution in [-0.2, 0) is 11.2 Å². The number of likely N-dealkylation sites (N-methyl/N-ethyl adjacent to an activating group) is 1. The number of thiophene rings is 1. The summed E-state index contributed by atoms with van der Waals surface area (Å²) in [5.41, 5.74) is -0.361. The number of Topliss-reactive ketones (excluding diaryl/α,β-unsaturated/α-hetero) is 1. The maximum atomic E-state index is 12.6. The van der Waals surface area contributed by atoms with Crippen LogP contribution in [0.2, 0.25) is 4.34 Å². The minimum absolute atomic E-state index is 0.284. The number of hydrogen-bond donors (Lipinski definition) is 0. The molecule has 1 aromatic rings. The molecular weight excluding hydrogens is 266 g/mol. The van der Waals surface area contributed by atoms with E-state index in [9.17, 15) is 4.79 Å². The molecule has 0 aliphatic carbocycles. The van der Waals surface area contributed by atoms with Crippen molar-refractivity contribution in [3.05, 3.63) is 21.3 Å². The Bertz CT molecular complexity index is 400. The lowest BCUT2D eigenvalue weighted by atomic mass is 9.88. The average Bonchev–Trinajstić information content (AvgIpc) is 2.75. The second-order valence-corrected chi connectivity index (χ2v) is 6.41. The topological polar surface area (TPSA) is 20.3 Å². The highest BCUT2D eigenvalue weighted by Gasteiger charge is 2.35. The van der Waals surface area contributed by atoms with E-state index in [2.05, 4.69) is 32.6 Å². The van der Waals surface area contributed by atoms with Crippen molar-refractivity contribution in [1.29, 1.82) is 0 Å². The zero-order valence-electron chi connectivity index (χ0n) is 11.6. The predicted molar refractivity (Wildman–Crippen MR) is 79.7 cm³/mol. The molecule has 0 aliphatic heterocycles. The summed E-state index contributed by atoms with van der Waals surface area (Å²) in [5.74, 6) is 0.284. The van der Waals surface area contributed by atoms with Crippen LogP contribution in [0.5, 0.6) is 0 Å². The van der Waals surface area contributed by atoms with Gasteiger partial charge >= 0.3 is 0 Å². The Morgan fingerprint density at radius 3 is 2.33 bits per heavy atom. The van der Waals surface area contributed by atoms with E-state index in [1.807, 2.05) is 12.1 Å². The molecule has 0 spiro atoms. The number of nitrogens with zero attached hydrogens (tertiary/aromatic N) is 1. The van der Waals surface area contributed by atoms with Gasteiger partial charge in [0.15, 0.2) is 5.78 Å². The van der Waals surface area contributed by atoms with E-state index in [1.165, 1.54) is 11.3 Å². The van der Waals surface area contributed by atoms with Gasteiger partial charge in [-0.25, -0.2) is 0 Å². The Balaban J connectivity index is 2.84. The fourth-order valence-electron chi connectivity index (χ4n) is 2.31. The molecule has 2 nitrogen and oxygen atoms in total. The number of carbonyl (C=O) groups is 1. The van der Waals surface area contributed by atoms with Crippen molar-refractivity contribution in [1.82, 2.24) is 4.90 Å². The van der Waals surface area contributed by atoms with Gasteiger partial charge in [-0.1, -0.05) is 32.4 Å². The van der Waals surface area contributed by atoms with E-state index in [1.54, 1.807) is 0 Å². The largest absolute Gasteiger partial charge is 0.297 e. The molecule has 0 bridgehead atoms. The Labute approximate surface area is 119 Å². The number of carbonyl (C=O) groups excluding carboxylic acids is 1. The van der Waals surface area contributed by atoms with E-state index in [-0.39, 0.29) is 11.3 Å². The summed E-state index contributed by atoms with van der Waals surface area (Å²) in [6.45, 7) is 10.1. The number of hydrogen-bond acceptors (Lipinski definition) is 3. The molecule has 0 aromatic carbocycles. The Morgan fingerprint density at radius 1 is 1.33 bits per heavy atom. The molecule has 0 saturated carbocycles. The molecule has 102 valence electrons. The second-order valence-electron chi connectivity index (χ2n) is 4.61. The maximum Gasteiger partial charge on any atom is 0.157 e. The highest BCUT2D eigenvalue weighted by molar-refractivity contribution is 7.16. The minimum atomic E-state index is -0.361. The number of rotatable bonds is 7. The first-order chi connectivity index (χ1) is 8.47. The van der Waals surface area contributed by atoms with Gasteiger partial charge in [0.25, 0.3) is 0 Å². The van der Waals surface area contributed by atoms with Crippen LogP contribution in [0.4, 0.5) is 0 Å². The molecule has 0 aliphatic rings. The van der Waals surface area contributed by atoms with Crippen molar-refractivity contribution >= 4 is 28.7 Å². The predicted octanol–water partition coefficient (Wildman–Crippen LogP) is 4.02. The molecule has 18 heavy (non-hydrogen) atoms. The van der Waals surface area contributed by atoms with Crippen LogP contribution in [0.1, 0.15) is 39.0 Å². The summed E-state index contributed by atoms with van der Waals surface area (Å²) >= 11 is 7.40. The number of ketones is 1. The molecule has 1 heterocycles. The molecule has 1 rings (SSSR count). The first-order valence-electron chi connectivity index (χ1n) is 6.50. The summed E-state index contributed by atoms with van der Waals surface area (Å²) in [7, 11) is 0. The lowest BCUT2D eigenvalue weighted by Crippen LogP contribution is -2.52. The SMILES string of the molecule is CCN(CC)C(C)(CC)C(=O)Cc1ccc(Cl)s1.